The van der Waals surface area contributed by atoms with Crippen molar-refractivity contribution in [3.05, 3.63) is 53.9 Å². The topological polar surface area (TPSA) is 92.0 Å². The van der Waals surface area contributed by atoms with Crippen LogP contribution >= 0.6 is 0 Å². The van der Waals surface area contributed by atoms with Gasteiger partial charge in [-0.2, -0.15) is 0 Å². The molecule has 4 N–H and O–H groups in total. The molecule has 0 fully saturated rings. The molecule has 2 aromatic carbocycles. The second-order valence-corrected chi connectivity index (χ2v) is 4.50. The van der Waals surface area contributed by atoms with E-state index in [1.165, 1.54) is 0 Å². The SMILES string of the molecule is NCc1nc2ccc(-c3ccc(C(=O)O)cc3)cc2[nH]1. The van der Waals surface area contributed by atoms with Gasteiger partial charge in [0.05, 0.1) is 23.1 Å². The molecule has 0 unspecified atom stereocenters. The van der Waals surface area contributed by atoms with Gasteiger partial charge in [-0.25, -0.2) is 9.78 Å². The average Bonchev–Trinajstić information content (AvgIpc) is 2.89. The lowest BCUT2D eigenvalue weighted by Crippen LogP contribution is -1.97. The van der Waals surface area contributed by atoms with Crippen LogP contribution in [0.3, 0.4) is 0 Å². The van der Waals surface area contributed by atoms with Gasteiger partial charge in [-0.05, 0) is 35.4 Å². The van der Waals surface area contributed by atoms with Crippen LogP contribution in [0, 0.1) is 0 Å². The van der Waals surface area contributed by atoms with Gasteiger partial charge in [-0.1, -0.05) is 18.2 Å². The Morgan fingerprint density at radius 1 is 1.15 bits per heavy atom. The zero-order valence-corrected chi connectivity index (χ0v) is 10.6. The molecule has 0 saturated heterocycles. The molecule has 20 heavy (non-hydrogen) atoms. The predicted molar refractivity (Wildman–Crippen MR) is 76.4 cm³/mol. The Balaban J connectivity index is 2.02. The van der Waals surface area contributed by atoms with Crippen molar-refractivity contribution >= 4 is 17.0 Å². The Morgan fingerprint density at radius 3 is 2.50 bits per heavy atom. The molecule has 0 radical (unpaired) electrons. The molecule has 0 spiro atoms. The summed E-state index contributed by atoms with van der Waals surface area (Å²) >= 11 is 0. The van der Waals surface area contributed by atoms with E-state index in [0.717, 1.165) is 28.0 Å². The third-order valence-corrected chi connectivity index (χ3v) is 3.19. The molecule has 5 nitrogen and oxygen atoms in total. The number of fused-ring (bicyclic) bond motifs is 1. The van der Waals surface area contributed by atoms with Crippen LogP contribution in [0.1, 0.15) is 16.2 Å². The number of hydrogen-bond donors (Lipinski definition) is 3. The molecular weight excluding hydrogens is 254 g/mol. The minimum atomic E-state index is -0.923. The third-order valence-electron chi connectivity index (χ3n) is 3.19. The summed E-state index contributed by atoms with van der Waals surface area (Å²) in [6, 6.07) is 12.7. The van der Waals surface area contributed by atoms with Gasteiger partial charge in [0.15, 0.2) is 0 Å². The first-order valence-electron chi connectivity index (χ1n) is 6.20. The summed E-state index contributed by atoms with van der Waals surface area (Å²) in [6.07, 6.45) is 0. The van der Waals surface area contributed by atoms with E-state index < -0.39 is 5.97 Å². The van der Waals surface area contributed by atoms with Crippen molar-refractivity contribution in [2.45, 2.75) is 6.54 Å². The van der Waals surface area contributed by atoms with Crippen LogP contribution in [-0.4, -0.2) is 21.0 Å². The van der Waals surface area contributed by atoms with E-state index in [2.05, 4.69) is 9.97 Å². The number of nitrogens with two attached hydrogens (primary N) is 1. The first-order chi connectivity index (χ1) is 9.67. The van der Waals surface area contributed by atoms with E-state index in [0.29, 0.717) is 6.54 Å². The first kappa shape index (κ1) is 12.4. The van der Waals surface area contributed by atoms with Gasteiger partial charge in [-0.15, -0.1) is 0 Å². The van der Waals surface area contributed by atoms with Crippen molar-refractivity contribution in [2.24, 2.45) is 5.73 Å². The smallest absolute Gasteiger partial charge is 0.335 e. The zero-order chi connectivity index (χ0) is 14.1. The molecule has 100 valence electrons. The van der Waals surface area contributed by atoms with E-state index in [9.17, 15) is 4.79 Å². The second kappa shape index (κ2) is 4.79. The number of benzene rings is 2. The van der Waals surface area contributed by atoms with Crippen molar-refractivity contribution in [3.8, 4) is 11.1 Å². The van der Waals surface area contributed by atoms with Crippen LogP contribution in [0.15, 0.2) is 42.5 Å². The molecule has 1 aromatic heterocycles. The van der Waals surface area contributed by atoms with Gasteiger partial charge >= 0.3 is 5.97 Å². The summed E-state index contributed by atoms with van der Waals surface area (Å²) in [5.74, 6) is -0.175. The van der Waals surface area contributed by atoms with Crippen molar-refractivity contribution in [1.29, 1.82) is 0 Å². The number of carboxylic acid groups (broad SMARTS) is 1. The predicted octanol–water partition coefficient (Wildman–Crippen LogP) is 2.39. The van der Waals surface area contributed by atoms with Crippen LogP contribution < -0.4 is 5.73 Å². The molecule has 0 amide bonds. The summed E-state index contributed by atoms with van der Waals surface area (Å²) < 4.78 is 0. The van der Waals surface area contributed by atoms with Crippen LogP contribution in [0.25, 0.3) is 22.2 Å². The maximum absolute atomic E-state index is 10.8. The fourth-order valence-electron chi connectivity index (χ4n) is 2.14. The molecule has 3 rings (SSSR count). The first-order valence-corrected chi connectivity index (χ1v) is 6.20. The van der Waals surface area contributed by atoms with E-state index >= 15 is 0 Å². The monoisotopic (exact) mass is 267 g/mol. The summed E-state index contributed by atoms with van der Waals surface area (Å²) in [7, 11) is 0. The number of aromatic amines is 1. The highest BCUT2D eigenvalue weighted by atomic mass is 16.4. The molecule has 3 aromatic rings. The van der Waals surface area contributed by atoms with Crippen LogP contribution in [0.4, 0.5) is 0 Å². The number of carbonyl (C=O) groups is 1. The van der Waals surface area contributed by atoms with E-state index in [1.807, 2.05) is 18.2 Å². The number of aromatic carboxylic acids is 1. The molecule has 0 aliphatic heterocycles. The molecule has 0 atom stereocenters. The highest BCUT2D eigenvalue weighted by Crippen LogP contribution is 2.23. The second-order valence-electron chi connectivity index (χ2n) is 4.50. The lowest BCUT2D eigenvalue weighted by atomic mass is 10.0. The van der Waals surface area contributed by atoms with Crippen LogP contribution in [0.5, 0.6) is 0 Å². The molecule has 0 saturated carbocycles. The molecule has 1 heterocycles. The molecular formula is C15H13N3O2. The Labute approximate surface area is 115 Å². The Kier molecular flexibility index (Phi) is 2.96. The Hall–Kier alpha value is -2.66. The summed E-state index contributed by atoms with van der Waals surface area (Å²) in [5, 5.41) is 8.89. The number of H-pyrrole nitrogens is 1. The maximum Gasteiger partial charge on any atom is 0.335 e. The normalized spacial score (nSPS) is 10.8. The summed E-state index contributed by atoms with van der Waals surface area (Å²) in [6.45, 7) is 0.372. The largest absolute Gasteiger partial charge is 0.478 e. The minimum absolute atomic E-state index is 0.279. The molecule has 0 aliphatic rings. The zero-order valence-electron chi connectivity index (χ0n) is 10.6. The quantitative estimate of drug-likeness (QED) is 0.679. The number of nitrogens with zero attached hydrogens (tertiary/aromatic N) is 1. The van der Waals surface area contributed by atoms with Gasteiger partial charge < -0.3 is 15.8 Å². The molecule has 5 heteroatoms. The fraction of sp³-hybridized carbons (Fsp3) is 0.0667. The van der Waals surface area contributed by atoms with Crippen molar-refractivity contribution in [3.63, 3.8) is 0 Å². The number of imidazole rings is 1. The van der Waals surface area contributed by atoms with Gasteiger partial charge in [0, 0.05) is 0 Å². The number of hydrogen-bond acceptors (Lipinski definition) is 3. The molecule has 0 bridgehead atoms. The third kappa shape index (κ3) is 2.15. The van der Waals surface area contributed by atoms with Crippen LogP contribution in [-0.2, 0) is 6.54 Å². The van der Waals surface area contributed by atoms with Crippen molar-refractivity contribution < 1.29 is 9.90 Å². The number of rotatable bonds is 3. The number of carboxylic acids is 1. The van der Waals surface area contributed by atoms with E-state index in [1.54, 1.807) is 24.3 Å². The standard InChI is InChI=1S/C15H13N3O2/c16-8-14-17-12-6-5-11(7-13(12)18-14)9-1-3-10(4-2-9)15(19)20/h1-7H,8,16H2,(H,17,18)(H,19,20). The highest BCUT2D eigenvalue weighted by Gasteiger charge is 2.06. The van der Waals surface area contributed by atoms with E-state index in [-0.39, 0.29) is 5.56 Å². The van der Waals surface area contributed by atoms with E-state index in [4.69, 9.17) is 10.8 Å². The lowest BCUT2D eigenvalue weighted by molar-refractivity contribution is 0.0697. The summed E-state index contributed by atoms with van der Waals surface area (Å²) in [4.78, 5) is 18.3. The van der Waals surface area contributed by atoms with Crippen molar-refractivity contribution in [1.82, 2.24) is 9.97 Å². The van der Waals surface area contributed by atoms with Gasteiger partial charge in [0.25, 0.3) is 0 Å². The average molecular weight is 267 g/mol. The van der Waals surface area contributed by atoms with Crippen LogP contribution in [0.2, 0.25) is 0 Å². The van der Waals surface area contributed by atoms with Gasteiger partial charge in [0.1, 0.15) is 5.82 Å². The maximum atomic E-state index is 10.8. The Bertz CT molecular complexity index is 775. The summed E-state index contributed by atoms with van der Waals surface area (Å²) in [5.41, 5.74) is 9.59. The highest BCUT2D eigenvalue weighted by molar-refractivity contribution is 5.89. The number of aromatic nitrogens is 2. The fourth-order valence-corrected chi connectivity index (χ4v) is 2.14. The van der Waals surface area contributed by atoms with Gasteiger partial charge in [-0.3, -0.25) is 0 Å². The Morgan fingerprint density at radius 2 is 1.85 bits per heavy atom. The minimum Gasteiger partial charge on any atom is -0.478 e. The number of nitrogens with one attached hydrogen (secondary N) is 1. The van der Waals surface area contributed by atoms with Crippen molar-refractivity contribution in [2.75, 3.05) is 0 Å². The van der Waals surface area contributed by atoms with Gasteiger partial charge in [0.2, 0.25) is 0 Å². The lowest BCUT2D eigenvalue weighted by Gasteiger charge is -2.02. The molecule has 0 aliphatic carbocycles.